The molecule has 1 aliphatic rings. The average Bonchev–Trinajstić information content (AvgIpc) is 2.76. The highest BCUT2D eigenvalue weighted by molar-refractivity contribution is 6.33. The topological polar surface area (TPSA) is 169 Å². The zero-order valence-electron chi connectivity index (χ0n) is 19.4. The number of nitrogen functional groups attached to an aromatic ring is 3. The molecule has 0 unspecified atom stereocenters. The van der Waals surface area contributed by atoms with Gasteiger partial charge in [0.2, 0.25) is 5.91 Å². The van der Waals surface area contributed by atoms with Crippen LogP contribution in [0.3, 0.4) is 0 Å². The van der Waals surface area contributed by atoms with E-state index in [0.29, 0.717) is 28.1 Å². The molecule has 1 saturated carbocycles. The number of benzene rings is 2. The van der Waals surface area contributed by atoms with E-state index in [4.69, 9.17) is 34.2 Å². The fourth-order valence-electron chi connectivity index (χ4n) is 4.01. The number of hydrogen-bond acceptors (Lipinski definition) is 6. The summed E-state index contributed by atoms with van der Waals surface area (Å²) in [6, 6.07) is 10.7. The summed E-state index contributed by atoms with van der Waals surface area (Å²) in [5.41, 5.74) is 20.0. The Labute approximate surface area is 211 Å². The second kappa shape index (κ2) is 10.3. The Kier molecular flexibility index (Phi) is 7.16. The molecule has 36 heavy (non-hydrogen) atoms. The lowest BCUT2D eigenvalue weighted by molar-refractivity contribution is -0.120. The van der Waals surface area contributed by atoms with Crippen LogP contribution < -0.4 is 28.0 Å². The van der Waals surface area contributed by atoms with E-state index in [-0.39, 0.29) is 46.6 Å². The second-order valence-electron chi connectivity index (χ2n) is 8.77. The first-order valence-electron chi connectivity index (χ1n) is 11.4. The van der Waals surface area contributed by atoms with Crippen LogP contribution in [0, 0.1) is 11.2 Å². The minimum atomic E-state index is -0.652. The van der Waals surface area contributed by atoms with Crippen molar-refractivity contribution in [3.8, 4) is 11.1 Å². The normalized spacial score (nSPS) is 13.9. The molecule has 3 aromatic rings. The first-order chi connectivity index (χ1) is 17.1. The van der Waals surface area contributed by atoms with Crippen molar-refractivity contribution in [3.63, 3.8) is 0 Å². The number of halogens is 2. The Morgan fingerprint density at radius 2 is 1.89 bits per heavy atom. The second-order valence-corrected chi connectivity index (χ2v) is 9.17. The molecule has 0 spiro atoms. The molecule has 0 saturated heterocycles. The quantitative estimate of drug-likeness (QED) is 0.124. The van der Waals surface area contributed by atoms with E-state index >= 15 is 0 Å². The molecule has 2 aromatic carbocycles. The first kappa shape index (κ1) is 25.1. The summed E-state index contributed by atoms with van der Waals surface area (Å²) in [4.78, 5) is 17.5. The molecule has 188 valence electrons. The lowest BCUT2D eigenvalue weighted by Crippen LogP contribution is -2.31. The van der Waals surface area contributed by atoms with Gasteiger partial charge in [-0.1, -0.05) is 17.7 Å². The highest BCUT2D eigenvalue weighted by Crippen LogP contribution is 2.33. The lowest BCUT2D eigenvalue weighted by atomic mass is 9.94. The maximum Gasteiger partial charge on any atom is 0.226 e. The van der Waals surface area contributed by atoms with Crippen molar-refractivity contribution in [1.29, 1.82) is 5.41 Å². The highest BCUT2D eigenvalue weighted by Gasteiger charge is 2.21. The molecule has 1 aromatic heterocycles. The fourth-order valence-corrected chi connectivity index (χ4v) is 4.33. The van der Waals surface area contributed by atoms with Crippen molar-refractivity contribution in [2.45, 2.75) is 38.3 Å². The van der Waals surface area contributed by atoms with Crippen LogP contribution in [0.1, 0.15) is 36.1 Å². The number of pyridine rings is 1. The smallest absolute Gasteiger partial charge is 0.226 e. The van der Waals surface area contributed by atoms with Crippen LogP contribution >= 0.6 is 11.6 Å². The summed E-state index contributed by atoms with van der Waals surface area (Å²) in [5, 5.41) is 21.4. The zero-order chi connectivity index (χ0) is 26.0. The molecule has 0 aliphatic heterocycles. The van der Waals surface area contributed by atoms with Crippen LogP contribution in [-0.2, 0) is 17.8 Å². The van der Waals surface area contributed by atoms with Gasteiger partial charge in [-0.25, -0.2) is 4.39 Å². The number of nitrogens with two attached hydrogens (primary N) is 3. The number of rotatable bonds is 7. The molecule has 1 aliphatic carbocycles. The SMILES string of the molecule is N=C(N)c1ccc(CNC(=O)Cc2c(-c3cc(N)cc(N)c3)c(Cl)cc(=NC3CCC3)n2O)cc1F. The van der Waals surface area contributed by atoms with Crippen LogP contribution in [0.2, 0.25) is 5.02 Å². The summed E-state index contributed by atoms with van der Waals surface area (Å²) >= 11 is 6.64. The Morgan fingerprint density at radius 3 is 2.47 bits per heavy atom. The Morgan fingerprint density at radius 1 is 1.19 bits per heavy atom. The fraction of sp³-hybridized carbons (Fsp3) is 0.240. The monoisotopic (exact) mass is 511 g/mol. The van der Waals surface area contributed by atoms with E-state index in [1.807, 2.05) is 0 Å². The van der Waals surface area contributed by atoms with E-state index in [9.17, 15) is 14.4 Å². The first-order valence-corrected chi connectivity index (χ1v) is 11.7. The average molecular weight is 512 g/mol. The van der Waals surface area contributed by atoms with Gasteiger partial charge >= 0.3 is 0 Å². The third-order valence-corrected chi connectivity index (χ3v) is 6.35. The van der Waals surface area contributed by atoms with Crippen molar-refractivity contribution in [2.75, 3.05) is 11.5 Å². The third kappa shape index (κ3) is 5.44. The standard InChI is InChI=1S/C25H27ClFN7O2/c26-19-10-22(33-17-2-1-3-17)34(36)21(24(19)14-7-15(28)9-16(29)8-14)11-23(35)32-12-13-4-5-18(25(30)31)20(27)6-13/h4-10,17,36H,1-3,11-12,28-29H2,(H3,30,31)(H,32,35). The van der Waals surface area contributed by atoms with E-state index in [2.05, 4.69) is 10.3 Å². The van der Waals surface area contributed by atoms with Crippen molar-refractivity contribution < 1.29 is 14.4 Å². The molecule has 1 heterocycles. The number of carbonyl (C=O) groups excluding carboxylic acids is 1. The van der Waals surface area contributed by atoms with Gasteiger partial charge in [0.05, 0.1) is 28.7 Å². The number of hydrogen-bond donors (Lipinski definition) is 6. The predicted molar refractivity (Wildman–Crippen MR) is 137 cm³/mol. The Balaban J connectivity index is 1.66. The Bertz CT molecular complexity index is 1400. The van der Waals surface area contributed by atoms with Gasteiger partial charge in [0.1, 0.15) is 11.7 Å². The zero-order valence-corrected chi connectivity index (χ0v) is 20.1. The molecule has 1 fully saturated rings. The highest BCUT2D eigenvalue weighted by atomic mass is 35.5. The molecule has 1 amide bonds. The molecule has 9 nitrogen and oxygen atoms in total. The molecule has 0 atom stereocenters. The summed E-state index contributed by atoms with van der Waals surface area (Å²) in [7, 11) is 0. The lowest BCUT2D eigenvalue weighted by Gasteiger charge is -2.22. The third-order valence-electron chi connectivity index (χ3n) is 6.05. The van der Waals surface area contributed by atoms with Gasteiger partial charge in [0.15, 0.2) is 5.49 Å². The molecule has 4 rings (SSSR count). The number of carbonyl (C=O) groups is 1. The van der Waals surface area contributed by atoms with Gasteiger partial charge < -0.3 is 27.7 Å². The van der Waals surface area contributed by atoms with Gasteiger partial charge in [-0.2, -0.15) is 4.73 Å². The van der Waals surface area contributed by atoms with Gasteiger partial charge in [0.25, 0.3) is 0 Å². The van der Waals surface area contributed by atoms with Crippen molar-refractivity contribution in [3.05, 3.63) is 75.6 Å². The molecule has 0 radical (unpaired) electrons. The largest absolute Gasteiger partial charge is 0.427 e. The van der Waals surface area contributed by atoms with Gasteiger partial charge in [-0.15, -0.1) is 0 Å². The Hall–Kier alpha value is -4.05. The van der Waals surface area contributed by atoms with E-state index in [1.54, 1.807) is 30.3 Å². The summed E-state index contributed by atoms with van der Waals surface area (Å²) in [6.07, 6.45) is 2.65. The molecule has 11 heteroatoms. The number of amides is 1. The predicted octanol–water partition coefficient (Wildman–Crippen LogP) is 2.95. The number of aromatic nitrogens is 1. The summed E-state index contributed by atoms with van der Waals surface area (Å²) < 4.78 is 15.0. The van der Waals surface area contributed by atoms with Crippen LogP contribution in [0.4, 0.5) is 15.8 Å². The van der Waals surface area contributed by atoms with Crippen molar-refractivity contribution in [1.82, 2.24) is 10.0 Å². The molecular formula is C25H27ClFN7O2. The van der Waals surface area contributed by atoms with Gasteiger partial charge in [-0.3, -0.25) is 15.2 Å². The maximum absolute atomic E-state index is 14.1. The summed E-state index contributed by atoms with van der Waals surface area (Å²) in [5.74, 6) is -1.47. The van der Waals surface area contributed by atoms with Crippen LogP contribution in [0.25, 0.3) is 11.1 Å². The van der Waals surface area contributed by atoms with Crippen molar-refractivity contribution in [2.24, 2.45) is 10.7 Å². The molecule has 9 N–H and O–H groups in total. The number of nitrogens with one attached hydrogen (secondary N) is 2. The maximum atomic E-state index is 14.1. The van der Waals surface area contributed by atoms with Crippen LogP contribution in [-0.4, -0.2) is 27.7 Å². The van der Waals surface area contributed by atoms with E-state index in [0.717, 1.165) is 24.0 Å². The molecule has 0 bridgehead atoms. The number of amidine groups is 1. The van der Waals surface area contributed by atoms with Crippen molar-refractivity contribution >= 4 is 34.7 Å². The summed E-state index contributed by atoms with van der Waals surface area (Å²) in [6.45, 7) is 0.0276. The van der Waals surface area contributed by atoms with Crippen LogP contribution in [0.5, 0.6) is 0 Å². The minimum absolute atomic E-state index is 0.0147. The van der Waals surface area contributed by atoms with E-state index < -0.39 is 11.7 Å². The van der Waals surface area contributed by atoms with Crippen LogP contribution in [0.15, 0.2) is 47.5 Å². The molecular weight excluding hydrogens is 485 g/mol. The van der Waals surface area contributed by atoms with E-state index in [1.165, 1.54) is 12.1 Å². The number of anilines is 2. The van der Waals surface area contributed by atoms with Gasteiger partial charge in [0, 0.05) is 29.5 Å². The minimum Gasteiger partial charge on any atom is -0.427 e. The number of nitrogens with zero attached hydrogens (tertiary/aromatic N) is 2. The van der Waals surface area contributed by atoms with Gasteiger partial charge in [-0.05, 0) is 60.7 Å².